The maximum absolute atomic E-state index is 9.14. The van der Waals surface area contributed by atoms with Crippen LogP contribution in [-0.2, 0) is 13.5 Å². The standard InChI is InChI=1S/C14H14N2/c1-16-9-11(8-14(10-15)6-7-14)12-4-2-3-5-13(12)16/h2-5,9H,6-8H2,1H3. The van der Waals surface area contributed by atoms with Gasteiger partial charge in [-0.2, -0.15) is 5.26 Å². The van der Waals surface area contributed by atoms with Gasteiger partial charge in [0.25, 0.3) is 0 Å². The summed E-state index contributed by atoms with van der Waals surface area (Å²) in [5.74, 6) is 0. The van der Waals surface area contributed by atoms with Crippen molar-refractivity contribution in [3.63, 3.8) is 0 Å². The van der Waals surface area contributed by atoms with Gasteiger partial charge in [0.05, 0.1) is 11.5 Å². The molecule has 0 spiro atoms. The van der Waals surface area contributed by atoms with Gasteiger partial charge in [-0.05, 0) is 30.9 Å². The van der Waals surface area contributed by atoms with Crippen LogP contribution in [0.15, 0.2) is 30.5 Å². The Kier molecular flexibility index (Phi) is 1.85. The van der Waals surface area contributed by atoms with Gasteiger partial charge in [-0.25, -0.2) is 0 Å². The van der Waals surface area contributed by atoms with Crippen molar-refractivity contribution in [3.8, 4) is 6.07 Å². The molecule has 1 aromatic heterocycles. The lowest BCUT2D eigenvalue weighted by Gasteiger charge is -2.03. The van der Waals surface area contributed by atoms with Crippen LogP contribution in [0, 0.1) is 16.7 Å². The zero-order valence-corrected chi connectivity index (χ0v) is 9.40. The molecule has 1 heterocycles. The van der Waals surface area contributed by atoms with E-state index < -0.39 is 0 Å². The molecule has 1 saturated carbocycles. The minimum Gasteiger partial charge on any atom is -0.350 e. The highest BCUT2D eigenvalue weighted by molar-refractivity contribution is 5.84. The predicted molar refractivity (Wildman–Crippen MR) is 63.9 cm³/mol. The number of rotatable bonds is 2. The molecule has 1 aliphatic rings. The van der Waals surface area contributed by atoms with E-state index in [4.69, 9.17) is 5.26 Å². The molecule has 80 valence electrons. The van der Waals surface area contributed by atoms with Crippen molar-refractivity contribution in [3.05, 3.63) is 36.0 Å². The van der Waals surface area contributed by atoms with E-state index in [2.05, 4.69) is 48.1 Å². The van der Waals surface area contributed by atoms with Crippen molar-refractivity contribution in [2.24, 2.45) is 12.5 Å². The van der Waals surface area contributed by atoms with Gasteiger partial charge in [-0.15, -0.1) is 0 Å². The highest BCUT2D eigenvalue weighted by Gasteiger charge is 2.43. The van der Waals surface area contributed by atoms with Crippen LogP contribution in [0.3, 0.4) is 0 Å². The maximum Gasteiger partial charge on any atom is 0.0693 e. The van der Waals surface area contributed by atoms with Crippen molar-refractivity contribution in [1.82, 2.24) is 4.57 Å². The van der Waals surface area contributed by atoms with E-state index in [1.165, 1.54) is 16.5 Å². The Bertz CT molecular complexity index is 582. The second-order valence-electron chi connectivity index (χ2n) is 4.85. The normalized spacial score (nSPS) is 17.2. The zero-order chi connectivity index (χ0) is 11.2. The van der Waals surface area contributed by atoms with Gasteiger partial charge in [0, 0.05) is 24.1 Å². The van der Waals surface area contributed by atoms with Gasteiger partial charge < -0.3 is 4.57 Å². The number of para-hydroxylation sites is 1. The second kappa shape index (κ2) is 3.12. The summed E-state index contributed by atoms with van der Waals surface area (Å²) in [5, 5.41) is 10.4. The molecule has 0 atom stereocenters. The average Bonchev–Trinajstić information content (AvgIpc) is 3.02. The third-order valence-electron chi connectivity index (χ3n) is 3.60. The molecule has 0 amide bonds. The fourth-order valence-electron chi connectivity index (χ4n) is 2.41. The molecular formula is C14H14N2. The summed E-state index contributed by atoms with van der Waals surface area (Å²) in [6.07, 6.45) is 5.20. The first-order chi connectivity index (χ1) is 7.74. The third kappa shape index (κ3) is 1.32. The van der Waals surface area contributed by atoms with Gasteiger partial charge in [-0.1, -0.05) is 18.2 Å². The lowest BCUT2D eigenvalue weighted by Crippen LogP contribution is -2.00. The fraction of sp³-hybridized carbons (Fsp3) is 0.357. The largest absolute Gasteiger partial charge is 0.350 e. The number of nitriles is 1. The molecule has 0 aliphatic heterocycles. The van der Waals surface area contributed by atoms with Gasteiger partial charge in [0.2, 0.25) is 0 Å². The molecule has 2 aromatic rings. The molecular weight excluding hydrogens is 196 g/mol. The van der Waals surface area contributed by atoms with Gasteiger partial charge in [0.1, 0.15) is 0 Å². The lowest BCUT2D eigenvalue weighted by molar-refractivity contribution is 0.666. The van der Waals surface area contributed by atoms with E-state index in [-0.39, 0.29) is 5.41 Å². The molecule has 1 fully saturated rings. The Labute approximate surface area is 95.1 Å². The van der Waals surface area contributed by atoms with Crippen LogP contribution in [0.1, 0.15) is 18.4 Å². The van der Waals surface area contributed by atoms with Crippen LogP contribution in [0.2, 0.25) is 0 Å². The van der Waals surface area contributed by atoms with Crippen LogP contribution in [0.4, 0.5) is 0 Å². The second-order valence-corrected chi connectivity index (χ2v) is 4.85. The van der Waals surface area contributed by atoms with Crippen molar-refractivity contribution in [2.75, 3.05) is 0 Å². The number of hydrogen-bond donors (Lipinski definition) is 0. The SMILES string of the molecule is Cn1cc(CC2(C#N)CC2)c2ccccc21. The fourth-order valence-corrected chi connectivity index (χ4v) is 2.41. The predicted octanol–water partition coefficient (Wildman–Crippen LogP) is 3.02. The van der Waals surface area contributed by atoms with Crippen LogP contribution in [0.25, 0.3) is 10.9 Å². The molecule has 1 aliphatic carbocycles. The summed E-state index contributed by atoms with van der Waals surface area (Å²) in [7, 11) is 2.07. The average molecular weight is 210 g/mol. The number of aryl methyl sites for hydroxylation is 1. The molecule has 3 rings (SSSR count). The Hall–Kier alpha value is -1.75. The number of nitrogens with zero attached hydrogens (tertiary/aromatic N) is 2. The summed E-state index contributed by atoms with van der Waals surface area (Å²) in [4.78, 5) is 0. The minimum atomic E-state index is -0.0515. The monoisotopic (exact) mass is 210 g/mol. The van der Waals surface area contributed by atoms with E-state index in [0.717, 1.165) is 19.3 Å². The Morgan fingerprint density at radius 1 is 1.38 bits per heavy atom. The van der Waals surface area contributed by atoms with E-state index in [0.29, 0.717) is 0 Å². The molecule has 2 nitrogen and oxygen atoms in total. The first kappa shape index (κ1) is 9.47. The molecule has 0 N–H and O–H groups in total. The third-order valence-corrected chi connectivity index (χ3v) is 3.60. The molecule has 1 aromatic carbocycles. The minimum absolute atomic E-state index is 0.0515. The summed E-state index contributed by atoms with van der Waals surface area (Å²) >= 11 is 0. The number of hydrogen-bond acceptors (Lipinski definition) is 1. The summed E-state index contributed by atoms with van der Waals surface area (Å²) in [6, 6.07) is 10.9. The van der Waals surface area contributed by atoms with Gasteiger partial charge in [0.15, 0.2) is 0 Å². The lowest BCUT2D eigenvalue weighted by atomic mass is 9.98. The number of benzene rings is 1. The molecule has 0 saturated heterocycles. The molecule has 16 heavy (non-hydrogen) atoms. The molecule has 0 unspecified atom stereocenters. The van der Waals surface area contributed by atoms with Crippen LogP contribution >= 0.6 is 0 Å². The topological polar surface area (TPSA) is 28.7 Å². The van der Waals surface area contributed by atoms with Crippen LogP contribution < -0.4 is 0 Å². The Morgan fingerprint density at radius 2 is 2.12 bits per heavy atom. The Balaban J connectivity index is 2.08. The summed E-state index contributed by atoms with van der Waals surface area (Å²) in [5.41, 5.74) is 2.52. The molecule has 0 radical (unpaired) electrons. The van der Waals surface area contributed by atoms with E-state index in [9.17, 15) is 0 Å². The smallest absolute Gasteiger partial charge is 0.0693 e. The summed E-state index contributed by atoms with van der Waals surface area (Å²) < 4.78 is 2.15. The number of aromatic nitrogens is 1. The van der Waals surface area contributed by atoms with Crippen molar-refractivity contribution in [2.45, 2.75) is 19.3 Å². The van der Waals surface area contributed by atoms with Gasteiger partial charge in [-0.3, -0.25) is 0 Å². The zero-order valence-electron chi connectivity index (χ0n) is 9.40. The Morgan fingerprint density at radius 3 is 2.81 bits per heavy atom. The van der Waals surface area contributed by atoms with Crippen molar-refractivity contribution < 1.29 is 0 Å². The highest BCUT2D eigenvalue weighted by atomic mass is 14.9. The summed E-state index contributed by atoms with van der Waals surface area (Å²) in [6.45, 7) is 0. The highest BCUT2D eigenvalue weighted by Crippen LogP contribution is 2.48. The van der Waals surface area contributed by atoms with Crippen molar-refractivity contribution >= 4 is 10.9 Å². The molecule has 2 heteroatoms. The maximum atomic E-state index is 9.14. The first-order valence-electron chi connectivity index (χ1n) is 5.68. The van der Waals surface area contributed by atoms with E-state index in [1.54, 1.807) is 0 Å². The van der Waals surface area contributed by atoms with Gasteiger partial charge >= 0.3 is 0 Å². The number of fused-ring (bicyclic) bond motifs is 1. The van der Waals surface area contributed by atoms with Crippen molar-refractivity contribution in [1.29, 1.82) is 5.26 Å². The van der Waals surface area contributed by atoms with E-state index >= 15 is 0 Å². The van der Waals surface area contributed by atoms with Crippen LogP contribution in [0.5, 0.6) is 0 Å². The quantitative estimate of drug-likeness (QED) is 0.749. The first-order valence-corrected chi connectivity index (χ1v) is 5.68. The molecule has 0 bridgehead atoms. The van der Waals surface area contributed by atoms with E-state index in [1.807, 2.05) is 0 Å². The van der Waals surface area contributed by atoms with Crippen LogP contribution in [-0.4, -0.2) is 4.57 Å².